The first-order chi connectivity index (χ1) is 22.9. The smallest absolute Gasteiger partial charge is 0.350 e. The van der Waals surface area contributed by atoms with Gasteiger partial charge in [0.25, 0.3) is 0 Å². The summed E-state index contributed by atoms with van der Waals surface area (Å²) in [6.45, 7) is 30.8. The number of thiophene rings is 1. The number of amides is 1. The SMILES string of the molecule is COC(=O)c1sc(C2CCC(C)(C)CC2)cc1N(C(=O)C1CCC(C)CC1)C(CO[SiH](C(C)C)C(C)C)CO[Si](C(C)C)(C(C)C)C(C)C. The third-order valence-corrected chi connectivity index (χ3v) is 22.7. The number of hydrogen-bond donors (Lipinski definition) is 0. The molecule has 6 nitrogen and oxygen atoms in total. The van der Waals surface area contributed by atoms with Crippen LogP contribution in [0.4, 0.5) is 5.69 Å². The summed E-state index contributed by atoms with van der Waals surface area (Å²) in [4.78, 5) is 32.5. The van der Waals surface area contributed by atoms with Crippen LogP contribution in [-0.2, 0) is 18.4 Å². The maximum Gasteiger partial charge on any atom is 0.350 e. The number of esters is 1. The molecule has 1 aromatic rings. The van der Waals surface area contributed by atoms with E-state index in [1.54, 1.807) is 11.3 Å². The van der Waals surface area contributed by atoms with Gasteiger partial charge >= 0.3 is 5.97 Å². The lowest BCUT2D eigenvalue weighted by atomic mass is 9.73. The molecule has 1 unspecified atom stereocenters. The van der Waals surface area contributed by atoms with Gasteiger partial charge in [-0.3, -0.25) is 4.79 Å². The van der Waals surface area contributed by atoms with Crippen molar-refractivity contribution in [2.45, 2.75) is 181 Å². The van der Waals surface area contributed by atoms with Crippen molar-refractivity contribution in [2.24, 2.45) is 17.3 Å². The molecule has 0 spiro atoms. The lowest BCUT2D eigenvalue weighted by Crippen LogP contribution is -2.54. The van der Waals surface area contributed by atoms with E-state index in [4.69, 9.17) is 13.6 Å². The molecular formula is C40H73NO5SSi2. The van der Waals surface area contributed by atoms with Crippen LogP contribution in [0.2, 0.25) is 27.7 Å². The van der Waals surface area contributed by atoms with Gasteiger partial charge in [-0.05, 0) is 102 Å². The fraction of sp³-hybridized carbons (Fsp3) is 0.850. The number of nitrogens with zero attached hydrogens (tertiary/aromatic N) is 1. The largest absolute Gasteiger partial charge is 0.465 e. The highest BCUT2D eigenvalue weighted by molar-refractivity contribution is 7.14. The van der Waals surface area contributed by atoms with E-state index in [0.29, 0.717) is 63.0 Å². The van der Waals surface area contributed by atoms with Crippen LogP contribution in [0.25, 0.3) is 0 Å². The average molecular weight is 736 g/mol. The van der Waals surface area contributed by atoms with Gasteiger partial charge in [0.05, 0.1) is 32.1 Å². The van der Waals surface area contributed by atoms with Crippen molar-refractivity contribution in [3.05, 3.63) is 15.8 Å². The minimum atomic E-state index is -2.27. The number of carbonyl (C=O) groups excluding carboxylic acids is 2. The molecule has 0 radical (unpaired) electrons. The van der Waals surface area contributed by atoms with Crippen LogP contribution in [0.15, 0.2) is 6.07 Å². The molecule has 0 aromatic carbocycles. The van der Waals surface area contributed by atoms with E-state index in [1.807, 2.05) is 4.90 Å². The van der Waals surface area contributed by atoms with Crippen LogP contribution in [-0.4, -0.2) is 55.6 Å². The predicted octanol–water partition coefficient (Wildman–Crippen LogP) is 11.5. The van der Waals surface area contributed by atoms with Crippen molar-refractivity contribution in [1.82, 2.24) is 0 Å². The summed E-state index contributed by atoms with van der Waals surface area (Å²) in [5, 5.41) is 0. The third-order valence-electron chi connectivity index (χ3n) is 12.1. The number of hydrogen-bond acceptors (Lipinski definition) is 6. The number of ether oxygens (including phenoxy) is 1. The Balaban J connectivity index is 2.20. The van der Waals surface area contributed by atoms with Gasteiger partial charge in [-0.1, -0.05) is 90.0 Å². The zero-order valence-electron chi connectivity index (χ0n) is 33.8. The lowest BCUT2D eigenvalue weighted by Gasteiger charge is -2.44. The molecule has 1 heterocycles. The molecule has 1 amide bonds. The van der Waals surface area contributed by atoms with Crippen LogP contribution in [0, 0.1) is 17.3 Å². The summed E-state index contributed by atoms with van der Waals surface area (Å²) in [6.07, 6.45) is 8.38. The second-order valence-electron chi connectivity index (χ2n) is 18.0. The molecule has 1 aromatic heterocycles. The van der Waals surface area contributed by atoms with Gasteiger partial charge in [0.2, 0.25) is 5.91 Å². The number of anilines is 1. The van der Waals surface area contributed by atoms with Crippen molar-refractivity contribution in [1.29, 1.82) is 0 Å². The summed E-state index contributed by atoms with van der Waals surface area (Å²) in [7, 11) is -2.42. The van der Waals surface area contributed by atoms with Gasteiger partial charge < -0.3 is 18.5 Å². The van der Waals surface area contributed by atoms with Crippen molar-refractivity contribution in [3.8, 4) is 0 Å². The van der Waals surface area contributed by atoms with E-state index < -0.39 is 17.4 Å². The summed E-state index contributed by atoms with van der Waals surface area (Å²) >= 11 is 1.55. The first kappa shape index (κ1) is 42.4. The Hall–Kier alpha value is -1.01. The summed E-state index contributed by atoms with van der Waals surface area (Å²) in [5.41, 5.74) is 3.25. The quantitative estimate of drug-likeness (QED) is 0.125. The van der Waals surface area contributed by atoms with Gasteiger partial charge in [0.15, 0.2) is 17.4 Å². The molecule has 49 heavy (non-hydrogen) atoms. The monoisotopic (exact) mass is 735 g/mol. The zero-order chi connectivity index (χ0) is 36.8. The van der Waals surface area contributed by atoms with E-state index in [0.717, 1.165) is 57.1 Å². The minimum Gasteiger partial charge on any atom is -0.465 e. The van der Waals surface area contributed by atoms with Crippen molar-refractivity contribution in [2.75, 3.05) is 25.2 Å². The second kappa shape index (κ2) is 18.2. The van der Waals surface area contributed by atoms with Gasteiger partial charge in [-0.15, -0.1) is 11.3 Å². The van der Waals surface area contributed by atoms with Crippen molar-refractivity contribution < 1.29 is 23.2 Å². The Labute approximate surface area is 307 Å². The van der Waals surface area contributed by atoms with Crippen LogP contribution in [0.5, 0.6) is 0 Å². The highest BCUT2D eigenvalue weighted by Gasteiger charge is 2.47. The molecule has 2 aliphatic rings. The summed E-state index contributed by atoms with van der Waals surface area (Å²) in [5.74, 6) is 0.711. The number of rotatable bonds is 16. The van der Waals surface area contributed by atoms with E-state index >= 15 is 4.79 Å². The molecule has 2 aliphatic carbocycles. The zero-order valence-corrected chi connectivity index (χ0v) is 36.8. The number of carbonyl (C=O) groups is 2. The summed E-state index contributed by atoms with van der Waals surface area (Å²) in [6, 6.07) is 1.85. The molecule has 2 fully saturated rings. The van der Waals surface area contributed by atoms with Gasteiger partial charge in [0.1, 0.15) is 4.88 Å². The van der Waals surface area contributed by atoms with Crippen LogP contribution in [0.1, 0.15) is 162 Å². The standard InChI is InChI=1S/C40H73NO5SSi2/c1-26(2)48(27(3)4)45-24-34(25-46-49(28(5)6,29(7)8)30(9)10)41(38(42)33-17-15-31(11)16-18-33)35-23-36(47-37(35)39(43)44-14)32-19-21-40(12,13)22-20-32/h23,26-34,48H,15-22,24-25H2,1-14H3. The Morgan fingerprint density at radius 3 is 1.88 bits per heavy atom. The maximum absolute atomic E-state index is 15.1. The summed E-state index contributed by atoms with van der Waals surface area (Å²) < 4.78 is 19.7. The normalized spacial score (nSPS) is 21.4. The molecule has 0 N–H and O–H groups in total. The second-order valence-corrected chi connectivity index (χ2v) is 28.5. The highest BCUT2D eigenvalue weighted by Crippen LogP contribution is 2.48. The molecule has 0 aliphatic heterocycles. The molecular weight excluding hydrogens is 663 g/mol. The predicted molar refractivity (Wildman–Crippen MR) is 213 cm³/mol. The first-order valence-corrected chi connectivity index (χ1v) is 24.4. The van der Waals surface area contributed by atoms with E-state index in [2.05, 4.69) is 96.1 Å². The van der Waals surface area contributed by atoms with Gasteiger partial charge in [-0.2, -0.15) is 0 Å². The molecule has 0 bridgehead atoms. The van der Waals surface area contributed by atoms with Crippen molar-refractivity contribution >= 4 is 46.3 Å². The van der Waals surface area contributed by atoms with E-state index in [1.165, 1.54) is 12.0 Å². The third kappa shape index (κ3) is 10.3. The van der Waals surface area contributed by atoms with Gasteiger partial charge in [0, 0.05) is 10.8 Å². The molecule has 3 rings (SSSR count). The Morgan fingerprint density at radius 2 is 1.41 bits per heavy atom. The molecule has 9 heteroatoms. The Bertz CT molecular complexity index is 1160. The van der Waals surface area contributed by atoms with Crippen molar-refractivity contribution in [3.63, 3.8) is 0 Å². The fourth-order valence-electron chi connectivity index (χ4n) is 9.22. The lowest BCUT2D eigenvalue weighted by molar-refractivity contribution is -0.124. The topological polar surface area (TPSA) is 65.1 Å². The number of methoxy groups -OCH3 is 1. The molecule has 1 atom stereocenters. The Morgan fingerprint density at radius 1 is 0.878 bits per heavy atom. The van der Waals surface area contributed by atoms with Crippen LogP contribution < -0.4 is 4.90 Å². The van der Waals surface area contributed by atoms with E-state index in [-0.39, 0.29) is 23.8 Å². The molecule has 282 valence electrons. The highest BCUT2D eigenvalue weighted by atomic mass is 32.1. The fourth-order valence-corrected chi connectivity index (χ4v) is 18.7. The van der Waals surface area contributed by atoms with Crippen LogP contribution >= 0.6 is 11.3 Å². The van der Waals surface area contributed by atoms with Crippen LogP contribution in [0.3, 0.4) is 0 Å². The average Bonchev–Trinajstić information content (AvgIpc) is 3.45. The molecule has 0 saturated heterocycles. The molecule has 2 saturated carbocycles. The Kier molecular flexibility index (Phi) is 15.7. The van der Waals surface area contributed by atoms with E-state index in [9.17, 15) is 4.79 Å². The first-order valence-electron chi connectivity index (χ1n) is 19.7. The minimum absolute atomic E-state index is 0.0754. The van der Waals surface area contributed by atoms with Gasteiger partial charge in [-0.25, -0.2) is 4.79 Å². The maximum atomic E-state index is 15.1.